The number of benzene rings is 2. The largest absolute Gasteiger partial charge is 0.508 e. The van der Waals surface area contributed by atoms with Gasteiger partial charge in [-0.25, -0.2) is 0 Å². The molecule has 9 heteroatoms. The first-order valence-electron chi connectivity index (χ1n) is 13.0. The Kier molecular flexibility index (Phi) is 7.82. The fraction of sp³-hybridized carbons (Fsp3) is 0.194. The molecule has 202 valence electrons. The number of fused-ring (bicyclic) bond motifs is 1. The minimum atomic E-state index is -1.06. The molecular weight excluding hydrogens is 508 g/mol. The Balaban J connectivity index is 1.39. The Bertz CT molecular complexity index is 1670. The number of Topliss-reactive ketones (excluding diaryl/α,β-unsaturated/α-hetero) is 1. The van der Waals surface area contributed by atoms with Gasteiger partial charge >= 0.3 is 5.97 Å². The first-order valence-corrected chi connectivity index (χ1v) is 13.0. The summed E-state index contributed by atoms with van der Waals surface area (Å²) >= 11 is 0. The molecule has 0 saturated heterocycles. The van der Waals surface area contributed by atoms with Crippen molar-refractivity contribution in [2.24, 2.45) is 5.92 Å². The van der Waals surface area contributed by atoms with Crippen molar-refractivity contribution in [3.05, 3.63) is 113 Å². The number of rotatable bonds is 11. The van der Waals surface area contributed by atoms with E-state index in [4.69, 9.17) is 0 Å². The highest BCUT2D eigenvalue weighted by molar-refractivity contribution is 5.81. The Morgan fingerprint density at radius 2 is 1.75 bits per heavy atom. The topological polar surface area (TPSA) is 138 Å². The van der Waals surface area contributed by atoms with Gasteiger partial charge in [-0.05, 0) is 48.2 Å². The van der Waals surface area contributed by atoms with E-state index in [9.17, 15) is 24.6 Å². The van der Waals surface area contributed by atoms with Crippen LogP contribution < -0.4 is 5.56 Å². The second kappa shape index (κ2) is 11.8. The Labute approximate surface area is 229 Å². The third-order valence-corrected chi connectivity index (χ3v) is 6.89. The highest BCUT2D eigenvalue weighted by Crippen LogP contribution is 2.20. The summed E-state index contributed by atoms with van der Waals surface area (Å²) in [5.41, 5.74) is 3.39. The number of hydrogen-bond donors (Lipinski definition) is 3. The molecule has 2 aromatic carbocycles. The van der Waals surface area contributed by atoms with Crippen LogP contribution in [0.3, 0.4) is 0 Å². The molecule has 0 radical (unpaired) electrons. The van der Waals surface area contributed by atoms with Gasteiger partial charge in [0.2, 0.25) is 0 Å². The summed E-state index contributed by atoms with van der Waals surface area (Å²) in [5.74, 6) is -2.01. The predicted octanol–water partition coefficient (Wildman–Crippen LogP) is 4.18. The third kappa shape index (κ3) is 6.15. The lowest BCUT2D eigenvalue weighted by molar-refractivity contribution is -0.141. The van der Waals surface area contributed by atoms with Crippen molar-refractivity contribution in [3.8, 4) is 17.0 Å². The molecule has 0 bridgehead atoms. The summed E-state index contributed by atoms with van der Waals surface area (Å²) in [5, 5.41) is 20.4. The molecule has 9 nitrogen and oxygen atoms in total. The van der Waals surface area contributed by atoms with Crippen molar-refractivity contribution in [1.82, 2.24) is 19.5 Å². The molecule has 5 rings (SSSR count). The predicted molar refractivity (Wildman–Crippen MR) is 150 cm³/mol. The number of phenolic OH excluding ortho intramolecular Hbond substituents is 1. The Morgan fingerprint density at radius 1 is 0.975 bits per heavy atom. The fourth-order valence-electron chi connectivity index (χ4n) is 4.76. The van der Waals surface area contributed by atoms with Gasteiger partial charge in [-0.15, -0.1) is 0 Å². The first kappa shape index (κ1) is 26.6. The van der Waals surface area contributed by atoms with Gasteiger partial charge in [0.25, 0.3) is 5.56 Å². The normalized spacial score (nSPS) is 11.9. The van der Waals surface area contributed by atoms with E-state index in [2.05, 4.69) is 15.0 Å². The molecule has 0 fully saturated rings. The molecule has 0 aliphatic rings. The van der Waals surface area contributed by atoms with Gasteiger partial charge in [0.15, 0.2) is 5.78 Å². The van der Waals surface area contributed by atoms with E-state index in [1.807, 2.05) is 42.5 Å². The zero-order chi connectivity index (χ0) is 28.1. The monoisotopic (exact) mass is 536 g/mol. The number of pyridine rings is 1. The number of H-pyrrole nitrogens is 1. The van der Waals surface area contributed by atoms with Crippen LogP contribution in [-0.4, -0.2) is 41.5 Å². The van der Waals surface area contributed by atoms with Gasteiger partial charge in [-0.2, -0.15) is 0 Å². The van der Waals surface area contributed by atoms with E-state index in [0.717, 1.165) is 27.7 Å². The molecule has 0 spiro atoms. The molecule has 3 heterocycles. The molecule has 3 aromatic heterocycles. The number of carbonyl (C=O) groups is 2. The average Bonchev–Trinajstić information content (AvgIpc) is 3.38. The molecule has 0 amide bonds. The van der Waals surface area contributed by atoms with Crippen LogP contribution in [0.15, 0.2) is 90.1 Å². The van der Waals surface area contributed by atoms with Crippen molar-refractivity contribution < 1.29 is 19.8 Å². The number of hydrogen-bond acceptors (Lipinski definition) is 6. The maximum atomic E-state index is 13.7. The maximum Gasteiger partial charge on any atom is 0.307 e. The van der Waals surface area contributed by atoms with E-state index in [-0.39, 0.29) is 43.0 Å². The van der Waals surface area contributed by atoms with E-state index in [0.29, 0.717) is 12.1 Å². The van der Waals surface area contributed by atoms with Crippen molar-refractivity contribution in [1.29, 1.82) is 0 Å². The summed E-state index contributed by atoms with van der Waals surface area (Å²) < 4.78 is 1.40. The zero-order valence-electron chi connectivity index (χ0n) is 21.7. The van der Waals surface area contributed by atoms with Crippen LogP contribution in [0.25, 0.3) is 22.2 Å². The lowest BCUT2D eigenvalue weighted by atomic mass is 9.94. The van der Waals surface area contributed by atoms with E-state index >= 15 is 0 Å². The number of aromatic hydroxyl groups is 1. The van der Waals surface area contributed by atoms with Crippen LogP contribution in [0.1, 0.15) is 23.4 Å². The van der Waals surface area contributed by atoms with Gasteiger partial charge in [0.1, 0.15) is 11.4 Å². The standard InChI is InChI=1S/C31H28N4O5/c36-25-9-6-20(7-10-25)14-22(31(39)40)16-28-30(38)35(29(18-33-28)21-4-2-1-3-5-21)19-26(37)11-8-24-15-23-17-32-13-12-27(23)34-24/h1-7,9-10,12-13,15,17-18,22,34,36H,8,11,14,16,19H2,(H,39,40)/t22-/m1/s1. The number of nitrogens with one attached hydrogen (secondary N) is 1. The van der Waals surface area contributed by atoms with E-state index < -0.39 is 17.4 Å². The number of nitrogens with zero attached hydrogens (tertiary/aromatic N) is 3. The number of carboxylic acids is 1. The summed E-state index contributed by atoms with van der Waals surface area (Å²) in [7, 11) is 0. The Morgan fingerprint density at radius 3 is 2.48 bits per heavy atom. The van der Waals surface area contributed by atoms with Crippen LogP contribution in [0.5, 0.6) is 5.75 Å². The van der Waals surface area contributed by atoms with Crippen molar-refractivity contribution in [2.45, 2.75) is 32.2 Å². The fourth-order valence-corrected chi connectivity index (χ4v) is 4.76. The van der Waals surface area contributed by atoms with Crippen molar-refractivity contribution in [2.75, 3.05) is 0 Å². The number of aliphatic carboxylic acids is 1. The van der Waals surface area contributed by atoms with Crippen LogP contribution in [0.4, 0.5) is 0 Å². The molecular formula is C31H28N4O5. The summed E-state index contributed by atoms with van der Waals surface area (Å²) in [6.45, 7) is -0.157. The maximum absolute atomic E-state index is 13.7. The average molecular weight is 537 g/mol. The smallest absolute Gasteiger partial charge is 0.307 e. The van der Waals surface area contributed by atoms with Crippen LogP contribution in [0, 0.1) is 5.92 Å². The molecule has 0 unspecified atom stereocenters. The van der Waals surface area contributed by atoms with E-state index in [1.165, 1.54) is 22.9 Å². The van der Waals surface area contributed by atoms with Gasteiger partial charge in [-0.3, -0.25) is 28.9 Å². The quantitative estimate of drug-likeness (QED) is 0.230. The molecule has 0 saturated carbocycles. The Hall–Kier alpha value is -5.05. The number of ketones is 1. The van der Waals surface area contributed by atoms with Crippen LogP contribution in [0.2, 0.25) is 0 Å². The SMILES string of the molecule is O=C(CCc1cc2cnccc2[nH]1)Cn1c(-c2ccccc2)cnc(C[C@@H](Cc2ccc(O)cc2)C(=O)O)c1=O. The van der Waals surface area contributed by atoms with Gasteiger partial charge in [0.05, 0.1) is 24.4 Å². The molecule has 3 N–H and O–H groups in total. The molecule has 0 aliphatic heterocycles. The summed E-state index contributed by atoms with van der Waals surface area (Å²) in [6.07, 6.45) is 5.76. The molecule has 0 aliphatic carbocycles. The summed E-state index contributed by atoms with van der Waals surface area (Å²) in [4.78, 5) is 50.6. The highest BCUT2D eigenvalue weighted by Gasteiger charge is 2.23. The van der Waals surface area contributed by atoms with Gasteiger partial charge in [0, 0.05) is 41.8 Å². The van der Waals surface area contributed by atoms with Crippen molar-refractivity contribution >= 4 is 22.7 Å². The number of carbonyl (C=O) groups excluding carboxylic acids is 1. The molecule has 1 atom stereocenters. The van der Waals surface area contributed by atoms with Gasteiger partial charge < -0.3 is 15.2 Å². The van der Waals surface area contributed by atoms with Crippen LogP contribution in [-0.2, 0) is 35.4 Å². The lowest BCUT2D eigenvalue weighted by Crippen LogP contribution is -2.32. The van der Waals surface area contributed by atoms with Gasteiger partial charge in [-0.1, -0.05) is 42.5 Å². The second-order valence-electron chi connectivity index (χ2n) is 9.75. The minimum absolute atomic E-state index is 0.0850. The minimum Gasteiger partial charge on any atom is -0.508 e. The number of phenols is 1. The highest BCUT2D eigenvalue weighted by atomic mass is 16.4. The van der Waals surface area contributed by atoms with Crippen LogP contribution >= 0.6 is 0 Å². The molecule has 40 heavy (non-hydrogen) atoms. The molecule has 5 aromatic rings. The third-order valence-electron chi connectivity index (χ3n) is 6.89. The number of aromatic amines is 1. The van der Waals surface area contributed by atoms with Crippen molar-refractivity contribution in [3.63, 3.8) is 0 Å². The van der Waals surface area contributed by atoms with E-state index in [1.54, 1.807) is 24.5 Å². The summed E-state index contributed by atoms with van der Waals surface area (Å²) in [6, 6.07) is 19.3. The second-order valence-corrected chi connectivity index (χ2v) is 9.75. The zero-order valence-corrected chi connectivity index (χ0v) is 21.7. The number of aromatic nitrogens is 4. The number of carboxylic acid groups (broad SMARTS) is 1. The lowest BCUT2D eigenvalue weighted by Gasteiger charge is -2.16. The first-order chi connectivity index (χ1) is 19.4. The number of aryl methyl sites for hydroxylation is 1.